The smallest absolute Gasteiger partial charge is 0.250 e. The minimum Gasteiger partial charge on any atom is -0.364 e. The van der Waals surface area contributed by atoms with Crippen molar-refractivity contribution in [1.82, 2.24) is 4.90 Å². The van der Waals surface area contributed by atoms with Crippen LogP contribution in [0.25, 0.3) is 0 Å². The molecule has 0 unspecified atom stereocenters. The number of aryl methyl sites for hydroxylation is 1. The van der Waals surface area contributed by atoms with Crippen LogP contribution in [0.15, 0.2) is 24.3 Å². The number of likely N-dealkylation sites (tertiary alicyclic amines) is 1. The number of carbonyl (C=O) groups is 4. The molecule has 7 nitrogen and oxygen atoms in total. The largest absolute Gasteiger partial charge is 0.364 e. The minimum absolute atomic E-state index is 0.185. The molecule has 0 bridgehead atoms. The van der Waals surface area contributed by atoms with Crippen molar-refractivity contribution >= 4 is 50.7 Å². The highest BCUT2D eigenvalue weighted by atomic mass is 33.2. The first-order chi connectivity index (χ1) is 13.4. The second-order valence-corrected chi connectivity index (χ2v) is 9.55. The van der Waals surface area contributed by atoms with E-state index in [2.05, 4.69) is 5.32 Å². The molecule has 150 valence electrons. The van der Waals surface area contributed by atoms with Gasteiger partial charge in [-0.15, -0.1) is 0 Å². The molecule has 0 radical (unpaired) electrons. The highest BCUT2D eigenvalue weighted by Gasteiger charge is 2.57. The number of rotatable bonds is 10. The second kappa shape index (κ2) is 9.11. The van der Waals surface area contributed by atoms with Crippen molar-refractivity contribution in [3.8, 4) is 0 Å². The van der Waals surface area contributed by atoms with E-state index in [-0.39, 0.29) is 36.6 Å². The van der Waals surface area contributed by atoms with E-state index < -0.39 is 4.08 Å². The Balaban J connectivity index is 1.36. The summed E-state index contributed by atoms with van der Waals surface area (Å²) in [5.41, 5.74) is 1.65. The Morgan fingerprint density at radius 1 is 1.11 bits per heavy atom. The lowest BCUT2D eigenvalue weighted by atomic mass is 10.1. The summed E-state index contributed by atoms with van der Waals surface area (Å²) >= 11 is 0. The van der Waals surface area contributed by atoms with Gasteiger partial charge in [-0.25, -0.2) is 0 Å². The van der Waals surface area contributed by atoms with Gasteiger partial charge >= 0.3 is 0 Å². The molecule has 3 rings (SSSR count). The Bertz CT molecular complexity index is 773. The lowest BCUT2D eigenvalue weighted by molar-refractivity contribution is -0.134. The van der Waals surface area contributed by atoms with Gasteiger partial charge in [0.05, 0.1) is 0 Å². The summed E-state index contributed by atoms with van der Waals surface area (Å²) in [6.07, 6.45) is 2.25. The van der Waals surface area contributed by atoms with Crippen LogP contribution >= 0.6 is 21.6 Å². The minimum atomic E-state index is -1.02. The molecule has 28 heavy (non-hydrogen) atoms. The number of hydrogen-bond donors (Lipinski definition) is 1. The highest BCUT2D eigenvalue weighted by molar-refractivity contribution is 8.94. The maximum absolute atomic E-state index is 12.0. The predicted octanol–water partition coefficient (Wildman–Crippen LogP) is 2.06. The highest BCUT2D eigenvalue weighted by Crippen LogP contribution is 2.65. The SMILES string of the molecule is CC(=O)C1(C(=O)COCC(=O)Nc2ccc(CCC(=O)N3CCC3)cc2)SS1. The molecule has 0 aliphatic carbocycles. The molecule has 2 aliphatic rings. The van der Waals surface area contributed by atoms with Crippen molar-refractivity contribution in [2.24, 2.45) is 0 Å². The number of amides is 2. The molecule has 2 amide bonds. The number of nitrogens with zero attached hydrogens (tertiary/aromatic N) is 1. The van der Waals surface area contributed by atoms with Gasteiger partial charge in [-0.3, -0.25) is 19.2 Å². The molecule has 2 fully saturated rings. The first kappa shape index (κ1) is 20.9. The maximum Gasteiger partial charge on any atom is 0.250 e. The summed E-state index contributed by atoms with van der Waals surface area (Å²) in [6, 6.07) is 7.30. The number of Topliss-reactive ketones (excluding diaryl/α,β-unsaturated/α-hetero) is 2. The number of hydrogen-bond acceptors (Lipinski definition) is 7. The standard InChI is InChI=1S/C19H22N2O5S2/c1-13(22)19(27-28-19)16(23)11-26-12-17(24)20-15-6-3-14(4-7-15)5-8-18(25)21-9-2-10-21/h3-4,6-7H,2,5,8-12H2,1H3,(H,20,24). The van der Waals surface area contributed by atoms with Gasteiger partial charge in [-0.05, 0) is 37.5 Å². The van der Waals surface area contributed by atoms with Gasteiger partial charge in [0.1, 0.15) is 13.2 Å². The summed E-state index contributed by atoms with van der Waals surface area (Å²) < 4.78 is 4.13. The molecule has 2 aliphatic heterocycles. The molecule has 2 saturated heterocycles. The number of ketones is 2. The monoisotopic (exact) mass is 422 g/mol. The molecule has 0 aromatic heterocycles. The van der Waals surface area contributed by atoms with Crippen LogP contribution in [0.5, 0.6) is 0 Å². The van der Waals surface area contributed by atoms with Crippen LogP contribution in [0, 0.1) is 0 Å². The summed E-state index contributed by atoms with van der Waals surface area (Å²) in [5.74, 6) is -0.710. The summed E-state index contributed by atoms with van der Waals surface area (Å²) in [6.45, 7) is 2.58. The zero-order chi connectivity index (χ0) is 20.1. The quantitative estimate of drug-likeness (QED) is 0.350. The van der Waals surface area contributed by atoms with Gasteiger partial charge in [0.2, 0.25) is 11.8 Å². The van der Waals surface area contributed by atoms with Crippen molar-refractivity contribution < 1.29 is 23.9 Å². The van der Waals surface area contributed by atoms with Crippen molar-refractivity contribution in [2.45, 2.75) is 30.3 Å². The molecule has 1 aromatic carbocycles. The van der Waals surface area contributed by atoms with Crippen LogP contribution in [0.1, 0.15) is 25.3 Å². The zero-order valence-electron chi connectivity index (χ0n) is 15.6. The third-order valence-corrected chi connectivity index (χ3v) is 7.65. The Labute approximate surface area is 171 Å². The fourth-order valence-corrected chi connectivity index (χ4v) is 4.84. The third-order valence-electron chi connectivity index (χ3n) is 4.62. The number of anilines is 1. The van der Waals surface area contributed by atoms with E-state index in [9.17, 15) is 19.2 Å². The van der Waals surface area contributed by atoms with Gasteiger partial charge < -0.3 is 15.0 Å². The summed E-state index contributed by atoms with van der Waals surface area (Å²) in [5, 5.41) is 2.69. The van der Waals surface area contributed by atoms with E-state index in [1.54, 1.807) is 12.1 Å². The van der Waals surface area contributed by atoms with Gasteiger partial charge in [-0.1, -0.05) is 33.7 Å². The van der Waals surface area contributed by atoms with Gasteiger partial charge in [0.15, 0.2) is 15.6 Å². The van der Waals surface area contributed by atoms with Gasteiger partial charge in [0, 0.05) is 25.2 Å². The first-order valence-electron chi connectivity index (χ1n) is 9.06. The zero-order valence-corrected chi connectivity index (χ0v) is 17.2. The Hall–Kier alpha value is -1.84. The first-order valence-corrected chi connectivity index (χ1v) is 11.2. The molecular weight excluding hydrogens is 400 g/mol. The number of nitrogens with one attached hydrogen (secondary N) is 1. The van der Waals surface area contributed by atoms with Crippen molar-refractivity contribution in [3.63, 3.8) is 0 Å². The van der Waals surface area contributed by atoms with E-state index in [1.165, 1.54) is 28.5 Å². The van der Waals surface area contributed by atoms with Crippen LogP contribution in [0.2, 0.25) is 0 Å². The summed E-state index contributed by atoms with van der Waals surface area (Å²) in [7, 11) is 2.44. The van der Waals surface area contributed by atoms with Crippen LogP contribution < -0.4 is 5.32 Å². The van der Waals surface area contributed by atoms with Crippen LogP contribution in [0.4, 0.5) is 5.69 Å². The average molecular weight is 423 g/mol. The molecular formula is C19H22N2O5S2. The normalized spacial score (nSPS) is 16.8. The molecule has 0 saturated carbocycles. The summed E-state index contributed by atoms with van der Waals surface area (Å²) in [4.78, 5) is 49.1. The molecule has 1 N–H and O–H groups in total. The van der Waals surface area contributed by atoms with Crippen LogP contribution in [-0.2, 0) is 30.3 Å². The van der Waals surface area contributed by atoms with Crippen molar-refractivity contribution in [1.29, 1.82) is 0 Å². The third kappa shape index (κ3) is 5.15. The lowest BCUT2D eigenvalue weighted by Gasteiger charge is -2.30. The van der Waals surface area contributed by atoms with E-state index in [4.69, 9.17) is 4.74 Å². The number of benzene rings is 1. The van der Waals surface area contributed by atoms with Crippen molar-refractivity contribution in [2.75, 3.05) is 31.6 Å². The number of carbonyl (C=O) groups excluding carboxylic acids is 4. The van der Waals surface area contributed by atoms with Gasteiger partial charge in [0.25, 0.3) is 0 Å². The number of ether oxygens (including phenoxy) is 1. The second-order valence-electron chi connectivity index (χ2n) is 6.73. The fourth-order valence-electron chi connectivity index (χ4n) is 2.71. The Kier molecular flexibility index (Phi) is 6.79. The predicted molar refractivity (Wildman–Crippen MR) is 109 cm³/mol. The van der Waals surface area contributed by atoms with E-state index in [0.29, 0.717) is 18.5 Å². The molecule has 2 heterocycles. The fraction of sp³-hybridized carbons (Fsp3) is 0.474. The van der Waals surface area contributed by atoms with Crippen molar-refractivity contribution in [3.05, 3.63) is 29.8 Å². The van der Waals surface area contributed by atoms with E-state index >= 15 is 0 Å². The topological polar surface area (TPSA) is 92.8 Å². The van der Waals surface area contributed by atoms with E-state index in [0.717, 1.165) is 25.1 Å². The maximum atomic E-state index is 12.0. The average Bonchev–Trinajstić information content (AvgIpc) is 3.41. The lowest BCUT2D eigenvalue weighted by Crippen LogP contribution is -2.42. The molecule has 9 heteroatoms. The van der Waals surface area contributed by atoms with Gasteiger partial charge in [-0.2, -0.15) is 0 Å². The molecule has 1 aromatic rings. The van der Waals surface area contributed by atoms with Crippen LogP contribution in [-0.4, -0.2) is 58.7 Å². The Morgan fingerprint density at radius 3 is 2.32 bits per heavy atom. The van der Waals surface area contributed by atoms with E-state index in [1.807, 2.05) is 17.0 Å². The Morgan fingerprint density at radius 2 is 1.79 bits per heavy atom. The van der Waals surface area contributed by atoms with Crippen LogP contribution in [0.3, 0.4) is 0 Å². The molecule has 0 spiro atoms. The molecule has 0 atom stereocenters.